The Labute approximate surface area is 117 Å². The van der Waals surface area contributed by atoms with Gasteiger partial charge in [0.25, 0.3) is 0 Å². The molecule has 18 heavy (non-hydrogen) atoms. The summed E-state index contributed by atoms with van der Waals surface area (Å²) in [5.74, 6) is 0. The Morgan fingerprint density at radius 3 is 2.44 bits per heavy atom. The highest BCUT2D eigenvalue weighted by Gasteiger charge is 2.32. The lowest BCUT2D eigenvalue weighted by Gasteiger charge is -2.45. The monoisotopic (exact) mass is 270 g/mol. The van der Waals surface area contributed by atoms with Crippen molar-refractivity contribution in [3.8, 4) is 0 Å². The molecule has 1 saturated heterocycles. The molecule has 3 heteroatoms. The number of rotatable bonds is 4. The standard InChI is InChI=1S/C15H30N2S/c1-4-16-13-9-10-17(12(2)11-13)14-5-7-15(18-3)8-6-14/h12-16H,4-11H2,1-3H3. The third-order valence-electron chi connectivity index (χ3n) is 4.87. The molecule has 2 unspecified atom stereocenters. The van der Waals surface area contributed by atoms with Crippen molar-refractivity contribution < 1.29 is 0 Å². The van der Waals surface area contributed by atoms with Crippen LogP contribution in [0, 0.1) is 0 Å². The fourth-order valence-corrected chi connectivity index (χ4v) is 4.56. The van der Waals surface area contributed by atoms with Crippen LogP contribution in [0.15, 0.2) is 0 Å². The van der Waals surface area contributed by atoms with E-state index in [9.17, 15) is 0 Å². The number of nitrogens with one attached hydrogen (secondary N) is 1. The second-order valence-electron chi connectivity index (χ2n) is 6.03. The molecule has 2 rings (SSSR count). The van der Waals surface area contributed by atoms with Gasteiger partial charge in [0.05, 0.1) is 0 Å². The largest absolute Gasteiger partial charge is 0.314 e. The predicted octanol–water partition coefficient (Wildman–Crippen LogP) is 3.12. The van der Waals surface area contributed by atoms with E-state index in [4.69, 9.17) is 0 Å². The molecule has 2 aliphatic rings. The molecule has 0 aromatic carbocycles. The van der Waals surface area contributed by atoms with Gasteiger partial charge in [-0.2, -0.15) is 11.8 Å². The summed E-state index contributed by atoms with van der Waals surface area (Å²) < 4.78 is 0. The summed E-state index contributed by atoms with van der Waals surface area (Å²) in [5, 5.41) is 4.57. The fourth-order valence-electron chi connectivity index (χ4n) is 3.82. The zero-order valence-electron chi connectivity index (χ0n) is 12.3. The Balaban J connectivity index is 1.80. The van der Waals surface area contributed by atoms with Gasteiger partial charge in [0, 0.05) is 29.9 Å². The smallest absolute Gasteiger partial charge is 0.00988 e. The molecule has 0 aromatic rings. The maximum atomic E-state index is 3.62. The first-order valence-electron chi connectivity index (χ1n) is 7.76. The third kappa shape index (κ3) is 3.64. The Bertz CT molecular complexity index is 239. The van der Waals surface area contributed by atoms with E-state index in [-0.39, 0.29) is 0 Å². The summed E-state index contributed by atoms with van der Waals surface area (Å²) in [4.78, 5) is 2.81. The molecule has 1 heterocycles. The van der Waals surface area contributed by atoms with Gasteiger partial charge in [0.1, 0.15) is 0 Å². The van der Waals surface area contributed by atoms with E-state index in [1.54, 1.807) is 0 Å². The van der Waals surface area contributed by atoms with Crippen LogP contribution in [-0.4, -0.2) is 47.6 Å². The van der Waals surface area contributed by atoms with Crippen molar-refractivity contribution in [2.45, 2.75) is 75.7 Å². The van der Waals surface area contributed by atoms with Crippen LogP contribution in [0.3, 0.4) is 0 Å². The normalized spacial score (nSPS) is 38.8. The van der Waals surface area contributed by atoms with Gasteiger partial charge in [-0.1, -0.05) is 6.92 Å². The van der Waals surface area contributed by atoms with Crippen LogP contribution in [0.5, 0.6) is 0 Å². The van der Waals surface area contributed by atoms with Gasteiger partial charge in [0.2, 0.25) is 0 Å². The highest BCUT2D eigenvalue weighted by molar-refractivity contribution is 7.99. The zero-order chi connectivity index (χ0) is 13.0. The van der Waals surface area contributed by atoms with E-state index in [2.05, 4.69) is 42.1 Å². The molecule has 1 aliphatic carbocycles. The topological polar surface area (TPSA) is 15.3 Å². The molecule has 1 saturated carbocycles. The maximum Gasteiger partial charge on any atom is 0.00988 e. The summed E-state index contributed by atoms with van der Waals surface area (Å²) in [7, 11) is 0. The molecule has 0 amide bonds. The Morgan fingerprint density at radius 1 is 1.17 bits per heavy atom. The SMILES string of the molecule is CCNC1CCN(C2CCC(SC)CC2)C(C)C1. The second-order valence-corrected chi connectivity index (χ2v) is 7.17. The first kappa shape index (κ1) is 14.7. The van der Waals surface area contributed by atoms with Crippen molar-refractivity contribution in [1.82, 2.24) is 10.2 Å². The van der Waals surface area contributed by atoms with Crippen LogP contribution < -0.4 is 5.32 Å². The summed E-state index contributed by atoms with van der Waals surface area (Å²) in [5.41, 5.74) is 0. The first-order chi connectivity index (χ1) is 8.74. The first-order valence-corrected chi connectivity index (χ1v) is 9.05. The number of piperidine rings is 1. The summed E-state index contributed by atoms with van der Waals surface area (Å²) in [6, 6.07) is 2.42. The van der Waals surface area contributed by atoms with E-state index >= 15 is 0 Å². The zero-order valence-corrected chi connectivity index (χ0v) is 13.1. The molecule has 2 atom stereocenters. The average Bonchev–Trinajstić information content (AvgIpc) is 2.40. The summed E-state index contributed by atoms with van der Waals surface area (Å²) >= 11 is 2.07. The number of thioether (sulfide) groups is 1. The minimum Gasteiger partial charge on any atom is -0.314 e. The Kier molecular flexibility index (Phi) is 5.84. The Morgan fingerprint density at radius 2 is 1.89 bits per heavy atom. The molecule has 1 aliphatic heterocycles. The molecule has 2 nitrogen and oxygen atoms in total. The quantitative estimate of drug-likeness (QED) is 0.845. The highest BCUT2D eigenvalue weighted by atomic mass is 32.2. The summed E-state index contributed by atoms with van der Waals surface area (Å²) in [6.07, 6.45) is 10.7. The lowest BCUT2D eigenvalue weighted by Crippen LogP contribution is -2.52. The van der Waals surface area contributed by atoms with Crippen molar-refractivity contribution in [3.05, 3.63) is 0 Å². The van der Waals surface area contributed by atoms with Crippen molar-refractivity contribution in [2.75, 3.05) is 19.3 Å². The van der Waals surface area contributed by atoms with Crippen molar-refractivity contribution in [1.29, 1.82) is 0 Å². The molecule has 0 spiro atoms. The molecule has 0 aromatic heterocycles. The van der Waals surface area contributed by atoms with Crippen molar-refractivity contribution >= 4 is 11.8 Å². The van der Waals surface area contributed by atoms with E-state index in [0.29, 0.717) is 0 Å². The van der Waals surface area contributed by atoms with Gasteiger partial charge in [-0.05, 0) is 58.2 Å². The summed E-state index contributed by atoms with van der Waals surface area (Å²) in [6.45, 7) is 7.09. The van der Waals surface area contributed by atoms with Crippen LogP contribution in [0.25, 0.3) is 0 Å². The van der Waals surface area contributed by atoms with Crippen LogP contribution in [0.1, 0.15) is 52.4 Å². The van der Waals surface area contributed by atoms with Gasteiger partial charge in [0.15, 0.2) is 0 Å². The van der Waals surface area contributed by atoms with Gasteiger partial charge in [-0.15, -0.1) is 0 Å². The lowest BCUT2D eigenvalue weighted by atomic mass is 9.89. The number of likely N-dealkylation sites (tertiary alicyclic amines) is 1. The molecule has 2 fully saturated rings. The molecular weight excluding hydrogens is 240 g/mol. The third-order valence-corrected chi connectivity index (χ3v) is 6.00. The fraction of sp³-hybridized carbons (Fsp3) is 1.00. The van der Waals surface area contributed by atoms with Crippen LogP contribution >= 0.6 is 11.8 Å². The highest BCUT2D eigenvalue weighted by Crippen LogP contribution is 2.32. The molecular formula is C15H30N2S. The van der Waals surface area contributed by atoms with Gasteiger partial charge >= 0.3 is 0 Å². The van der Waals surface area contributed by atoms with E-state index in [0.717, 1.165) is 29.9 Å². The second kappa shape index (κ2) is 7.16. The molecule has 1 N–H and O–H groups in total. The number of hydrogen-bond donors (Lipinski definition) is 1. The van der Waals surface area contributed by atoms with Crippen LogP contribution in [0.2, 0.25) is 0 Å². The average molecular weight is 270 g/mol. The van der Waals surface area contributed by atoms with Gasteiger partial charge in [-0.3, -0.25) is 4.90 Å². The Hall–Kier alpha value is 0.270. The van der Waals surface area contributed by atoms with Crippen molar-refractivity contribution in [2.24, 2.45) is 0 Å². The van der Waals surface area contributed by atoms with Gasteiger partial charge < -0.3 is 5.32 Å². The van der Waals surface area contributed by atoms with Crippen LogP contribution in [0.4, 0.5) is 0 Å². The minimum absolute atomic E-state index is 0.767. The van der Waals surface area contributed by atoms with E-state index in [1.807, 2.05) is 0 Å². The van der Waals surface area contributed by atoms with Crippen molar-refractivity contribution in [3.63, 3.8) is 0 Å². The minimum atomic E-state index is 0.767. The molecule has 0 radical (unpaired) electrons. The number of hydrogen-bond acceptors (Lipinski definition) is 3. The van der Waals surface area contributed by atoms with Gasteiger partial charge in [-0.25, -0.2) is 0 Å². The van der Waals surface area contributed by atoms with E-state index in [1.165, 1.54) is 45.1 Å². The predicted molar refractivity (Wildman–Crippen MR) is 82.4 cm³/mol. The van der Waals surface area contributed by atoms with E-state index < -0.39 is 0 Å². The molecule has 0 bridgehead atoms. The molecule has 106 valence electrons. The lowest BCUT2D eigenvalue weighted by molar-refractivity contribution is 0.0691. The number of nitrogens with zero attached hydrogens (tertiary/aromatic N) is 1. The maximum absolute atomic E-state index is 3.62. The van der Waals surface area contributed by atoms with Crippen LogP contribution in [-0.2, 0) is 0 Å².